The summed E-state index contributed by atoms with van der Waals surface area (Å²) in [4.78, 5) is 7.08. The lowest BCUT2D eigenvalue weighted by Gasteiger charge is -2.21. The van der Waals surface area contributed by atoms with Crippen molar-refractivity contribution in [2.75, 3.05) is 32.8 Å². The van der Waals surface area contributed by atoms with Gasteiger partial charge in [0.25, 0.3) is 0 Å². The summed E-state index contributed by atoms with van der Waals surface area (Å²) in [6.07, 6.45) is 11.0. The Balaban J connectivity index is 1.69. The molecule has 2 rings (SSSR count). The molecule has 1 aliphatic carbocycles. The first-order valence-corrected chi connectivity index (χ1v) is 8.55. The lowest BCUT2D eigenvalue weighted by molar-refractivity contribution is 0.0486. The van der Waals surface area contributed by atoms with E-state index < -0.39 is 0 Å². The predicted octanol–water partition coefficient (Wildman–Crippen LogP) is 2.79. The van der Waals surface area contributed by atoms with Crippen molar-refractivity contribution in [3.63, 3.8) is 0 Å². The number of hydrogen-bond acceptors (Lipinski definition) is 2. The van der Waals surface area contributed by atoms with Gasteiger partial charge in [0.05, 0.1) is 19.3 Å². The van der Waals surface area contributed by atoms with Gasteiger partial charge in [-0.1, -0.05) is 25.7 Å². The highest BCUT2D eigenvalue weighted by atomic mass is 16.5. The molecule has 2 fully saturated rings. The van der Waals surface area contributed by atoms with Gasteiger partial charge in [0.15, 0.2) is 5.96 Å². The number of aliphatic imine (C=N–C) groups is 1. The Bertz CT molecular complexity index is 279. The van der Waals surface area contributed by atoms with Gasteiger partial charge in [0.1, 0.15) is 0 Å². The van der Waals surface area contributed by atoms with Crippen LogP contribution in [-0.4, -0.2) is 49.7 Å². The molecule has 4 nitrogen and oxygen atoms in total. The van der Waals surface area contributed by atoms with E-state index in [0.29, 0.717) is 6.10 Å². The summed E-state index contributed by atoms with van der Waals surface area (Å²) in [7, 11) is 0. The Kier molecular flexibility index (Phi) is 7.20. The highest BCUT2D eigenvalue weighted by molar-refractivity contribution is 5.80. The zero-order valence-electron chi connectivity index (χ0n) is 13.1. The van der Waals surface area contributed by atoms with Crippen LogP contribution in [0.4, 0.5) is 0 Å². The summed E-state index contributed by atoms with van der Waals surface area (Å²) in [6, 6.07) is 0. The summed E-state index contributed by atoms with van der Waals surface area (Å²) in [5.41, 5.74) is 0. The van der Waals surface area contributed by atoms with Gasteiger partial charge in [-0.2, -0.15) is 0 Å². The second-order valence-corrected chi connectivity index (χ2v) is 5.91. The van der Waals surface area contributed by atoms with Crippen molar-refractivity contribution in [2.24, 2.45) is 4.99 Å². The van der Waals surface area contributed by atoms with Gasteiger partial charge in [-0.25, -0.2) is 0 Å². The van der Waals surface area contributed by atoms with E-state index in [1.165, 1.54) is 51.4 Å². The number of hydrogen-bond donors (Lipinski definition) is 1. The SMILES string of the molecule is CCNC(=NCCOC1CCCCCC1)N1CCCC1. The van der Waals surface area contributed by atoms with Gasteiger partial charge in [0, 0.05) is 19.6 Å². The molecule has 0 aromatic rings. The van der Waals surface area contributed by atoms with Crippen LogP contribution in [0.5, 0.6) is 0 Å². The quantitative estimate of drug-likeness (QED) is 0.364. The van der Waals surface area contributed by atoms with Crippen molar-refractivity contribution in [2.45, 2.75) is 64.4 Å². The standard InChI is InChI=1S/C16H31N3O/c1-2-17-16(19-12-7-8-13-19)18-11-14-20-15-9-5-3-4-6-10-15/h15H,2-14H2,1H3,(H,17,18). The molecule has 1 N–H and O–H groups in total. The van der Waals surface area contributed by atoms with Crippen molar-refractivity contribution >= 4 is 5.96 Å². The molecule has 1 saturated carbocycles. The summed E-state index contributed by atoms with van der Waals surface area (Å²) in [5.74, 6) is 1.08. The molecule has 1 saturated heterocycles. The highest BCUT2D eigenvalue weighted by Gasteiger charge is 2.15. The third-order valence-corrected chi connectivity index (χ3v) is 4.25. The maximum absolute atomic E-state index is 6.00. The summed E-state index contributed by atoms with van der Waals surface area (Å²) < 4.78 is 6.00. The van der Waals surface area contributed by atoms with E-state index in [1.54, 1.807) is 0 Å². The van der Waals surface area contributed by atoms with Crippen LogP contribution >= 0.6 is 0 Å². The number of nitrogens with zero attached hydrogens (tertiary/aromatic N) is 2. The predicted molar refractivity (Wildman–Crippen MR) is 84.2 cm³/mol. The number of rotatable bonds is 5. The highest BCUT2D eigenvalue weighted by Crippen LogP contribution is 2.19. The lowest BCUT2D eigenvalue weighted by Crippen LogP contribution is -2.39. The first kappa shape index (κ1) is 15.6. The number of nitrogens with one attached hydrogen (secondary N) is 1. The summed E-state index contributed by atoms with van der Waals surface area (Å²) in [6.45, 7) is 6.93. The maximum atomic E-state index is 6.00. The minimum Gasteiger partial charge on any atom is -0.376 e. The molecule has 1 heterocycles. The molecule has 0 aromatic carbocycles. The summed E-state index contributed by atoms with van der Waals surface area (Å²) >= 11 is 0. The molecule has 1 aliphatic heterocycles. The monoisotopic (exact) mass is 281 g/mol. The topological polar surface area (TPSA) is 36.9 Å². The molecule has 116 valence electrons. The van der Waals surface area contributed by atoms with E-state index in [-0.39, 0.29) is 0 Å². The van der Waals surface area contributed by atoms with E-state index in [9.17, 15) is 0 Å². The minimum absolute atomic E-state index is 0.488. The van der Waals surface area contributed by atoms with Crippen LogP contribution in [-0.2, 0) is 4.74 Å². The normalized spacial score (nSPS) is 22.1. The second-order valence-electron chi connectivity index (χ2n) is 5.91. The van der Waals surface area contributed by atoms with Crippen LogP contribution in [0.2, 0.25) is 0 Å². The van der Waals surface area contributed by atoms with E-state index in [2.05, 4.69) is 17.1 Å². The molecular weight excluding hydrogens is 250 g/mol. The Hall–Kier alpha value is -0.770. The zero-order valence-corrected chi connectivity index (χ0v) is 13.1. The molecule has 0 atom stereocenters. The minimum atomic E-state index is 0.488. The van der Waals surface area contributed by atoms with Gasteiger partial charge in [-0.3, -0.25) is 4.99 Å². The maximum Gasteiger partial charge on any atom is 0.193 e. The van der Waals surface area contributed by atoms with Crippen LogP contribution in [0.3, 0.4) is 0 Å². The third-order valence-electron chi connectivity index (χ3n) is 4.25. The fraction of sp³-hybridized carbons (Fsp3) is 0.938. The largest absolute Gasteiger partial charge is 0.376 e. The van der Waals surface area contributed by atoms with Crippen LogP contribution in [0.15, 0.2) is 4.99 Å². The van der Waals surface area contributed by atoms with Gasteiger partial charge in [0.2, 0.25) is 0 Å². The summed E-state index contributed by atoms with van der Waals surface area (Å²) in [5, 5.41) is 3.39. The van der Waals surface area contributed by atoms with Crippen LogP contribution in [0.25, 0.3) is 0 Å². The fourth-order valence-electron chi connectivity index (χ4n) is 3.13. The van der Waals surface area contributed by atoms with E-state index in [1.807, 2.05) is 0 Å². The molecule has 4 heteroatoms. The fourth-order valence-corrected chi connectivity index (χ4v) is 3.13. The van der Waals surface area contributed by atoms with Crippen molar-refractivity contribution in [1.29, 1.82) is 0 Å². The number of likely N-dealkylation sites (tertiary alicyclic amines) is 1. The van der Waals surface area contributed by atoms with Crippen molar-refractivity contribution in [3.05, 3.63) is 0 Å². The Morgan fingerprint density at radius 1 is 1.10 bits per heavy atom. The zero-order chi connectivity index (χ0) is 14.0. The number of ether oxygens (including phenoxy) is 1. The molecular formula is C16H31N3O. The number of guanidine groups is 1. The van der Waals surface area contributed by atoms with Gasteiger partial charge in [-0.05, 0) is 32.6 Å². The van der Waals surface area contributed by atoms with Crippen LogP contribution in [0, 0.1) is 0 Å². The van der Waals surface area contributed by atoms with Crippen molar-refractivity contribution < 1.29 is 4.74 Å². The Labute approximate surface area is 124 Å². The molecule has 20 heavy (non-hydrogen) atoms. The van der Waals surface area contributed by atoms with E-state index >= 15 is 0 Å². The average molecular weight is 281 g/mol. The van der Waals surface area contributed by atoms with E-state index in [0.717, 1.165) is 38.7 Å². The smallest absolute Gasteiger partial charge is 0.193 e. The van der Waals surface area contributed by atoms with Crippen molar-refractivity contribution in [3.8, 4) is 0 Å². The molecule has 0 unspecified atom stereocenters. The lowest BCUT2D eigenvalue weighted by atomic mass is 10.1. The molecule has 2 aliphatic rings. The first-order chi connectivity index (χ1) is 9.90. The van der Waals surface area contributed by atoms with Gasteiger partial charge >= 0.3 is 0 Å². The molecule has 0 radical (unpaired) electrons. The molecule has 0 amide bonds. The van der Waals surface area contributed by atoms with Crippen LogP contribution < -0.4 is 5.32 Å². The second kappa shape index (κ2) is 9.22. The van der Waals surface area contributed by atoms with Gasteiger partial charge in [-0.15, -0.1) is 0 Å². The first-order valence-electron chi connectivity index (χ1n) is 8.55. The van der Waals surface area contributed by atoms with Gasteiger partial charge < -0.3 is 15.0 Å². The molecule has 0 aromatic heterocycles. The van der Waals surface area contributed by atoms with E-state index in [4.69, 9.17) is 9.73 Å². The van der Waals surface area contributed by atoms with Crippen molar-refractivity contribution in [1.82, 2.24) is 10.2 Å². The Morgan fingerprint density at radius 3 is 2.45 bits per heavy atom. The third kappa shape index (κ3) is 5.31. The molecule has 0 spiro atoms. The Morgan fingerprint density at radius 2 is 1.80 bits per heavy atom. The average Bonchev–Trinajstić information content (AvgIpc) is 2.87. The van der Waals surface area contributed by atoms with Crippen LogP contribution in [0.1, 0.15) is 58.3 Å². The molecule has 0 bridgehead atoms.